The van der Waals surface area contributed by atoms with Crippen LogP contribution in [0.5, 0.6) is 0 Å². The Morgan fingerprint density at radius 2 is 2.00 bits per heavy atom. The minimum Gasteiger partial charge on any atom is -0.263 e. The van der Waals surface area contributed by atoms with Gasteiger partial charge in [-0.1, -0.05) is 29.3 Å². The van der Waals surface area contributed by atoms with Crippen molar-refractivity contribution in [3.8, 4) is 0 Å². The Hall–Kier alpha value is -1.44. The van der Waals surface area contributed by atoms with Gasteiger partial charge in [0, 0.05) is 6.20 Å². The van der Waals surface area contributed by atoms with Crippen molar-refractivity contribution in [2.24, 2.45) is 0 Å². The molecule has 0 spiro atoms. The predicted octanol–water partition coefficient (Wildman–Crippen LogP) is 2.72. The number of hydrogen-bond acceptors (Lipinski definition) is 4. The maximum Gasteiger partial charge on any atom is 0.264 e. The molecule has 2 rings (SSSR count). The fourth-order valence-corrected chi connectivity index (χ4v) is 2.52. The fraction of sp³-hybridized carbons (Fsp3) is 0. The number of nitrogens with zero attached hydrogens (tertiary/aromatic N) is 2. The lowest BCUT2D eigenvalue weighted by Gasteiger charge is -2.07. The number of sulfonamides is 1. The largest absolute Gasteiger partial charge is 0.264 e. The first-order valence-corrected chi connectivity index (χ1v) is 7.09. The van der Waals surface area contributed by atoms with Crippen LogP contribution in [0.15, 0.2) is 35.4 Å². The van der Waals surface area contributed by atoms with Crippen LogP contribution in [-0.2, 0) is 10.0 Å². The van der Waals surface area contributed by atoms with Gasteiger partial charge in [-0.15, -0.1) is 0 Å². The Bertz CT molecular complexity index is 724. The summed E-state index contributed by atoms with van der Waals surface area (Å²) in [6.45, 7) is 0. The molecule has 2 aromatic rings. The summed E-state index contributed by atoms with van der Waals surface area (Å²) in [6.07, 6.45) is 1.04. The molecule has 1 N–H and O–H groups in total. The smallest absolute Gasteiger partial charge is 0.263 e. The molecule has 2 aromatic heterocycles. The average Bonchev–Trinajstić information content (AvgIpc) is 2.32. The van der Waals surface area contributed by atoms with Crippen molar-refractivity contribution in [1.82, 2.24) is 9.97 Å². The van der Waals surface area contributed by atoms with E-state index in [0.29, 0.717) is 0 Å². The van der Waals surface area contributed by atoms with Crippen molar-refractivity contribution < 1.29 is 12.8 Å². The summed E-state index contributed by atoms with van der Waals surface area (Å²) in [4.78, 5) is 6.81. The topological polar surface area (TPSA) is 72.0 Å². The molecule has 0 amide bonds. The third kappa shape index (κ3) is 3.31. The van der Waals surface area contributed by atoms with Gasteiger partial charge in [0.15, 0.2) is 0 Å². The van der Waals surface area contributed by atoms with E-state index in [1.807, 2.05) is 0 Å². The van der Waals surface area contributed by atoms with E-state index >= 15 is 0 Å². The quantitative estimate of drug-likeness (QED) is 0.882. The number of anilines is 1. The van der Waals surface area contributed by atoms with Crippen LogP contribution in [0, 0.1) is 5.95 Å². The number of hydrogen-bond donors (Lipinski definition) is 1. The van der Waals surface area contributed by atoms with Crippen LogP contribution in [0.3, 0.4) is 0 Å². The molecule has 0 aliphatic rings. The van der Waals surface area contributed by atoms with Crippen LogP contribution in [0.25, 0.3) is 0 Å². The van der Waals surface area contributed by atoms with E-state index in [-0.39, 0.29) is 20.9 Å². The Morgan fingerprint density at radius 1 is 1.26 bits per heavy atom. The Balaban J connectivity index is 2.35. The highest BCUT2D eigenvalue weighted by Crippen LogP contribution is 2.23. The van der Waals surface area contributed by atoms with Gasteiger partial charge < -0.3 is 0 Å². The molecule has 19 heavy (non-hydrogen) atoms. The summed E-state index contributed by atoms with van der Waals surface area (Å²) in [6, 6.07) is 4.87. The maximum atomic E-state index is 12.9. The van der Waals surface area contributed by atoms with Crippen molar-refractivity contribution in [1.29, 1.82) is 0 Å². The number of halogens is 3. The Morgan fingerprint density at radius 3 is 2.63 bits per heavy atom. The molecule has 0 bridgehead atoms. The van der Waals surface area contributed by atoms with Crippen molar-refractivity contribution in [2.45, 2.75) is 4.90 Å². The second kappa shape index (κ2) is 5.28. The summed E-state index contributed by atoms with van der Waals surface area (Å²) in [7, 11) is -3.95. The normalized spacial score (nSPS) is 11.3. The fourth-order valence-electron chi connectivity index (χ4n) is 1.21. The van der Waals surface area contributed by atoms with Crippen LogP contribution in [-0.4, -0.2) is 18.4 Å². The molecule has 2 heterocycles. The van der Waals surface area contributed by atoms with Gasteiger partial charge in [-0.25, -0.2) is 18.4 Å². The SMILES string of the molecule is O=S(=O)(Nc1cccc(F)n1)c1cnc(Cl)c(Cl)c1. The van der Waals surface area contributed by atoms with E-state index < -0.39 is 16.0 Å². The standard InChI is InChI=1S/C10H6Cl2FN3O2S/c11-7-4-6(5-14-10(7)12)19(17,18)16-9-3-1-2-8(13)15-9/h1-5H,(H,15,16). The highest BCUT2D eigenvalue weighted by Gasteiger charge is 2.17. The van der Waals surface area contributed by atoms with Gasteiger partial charge in [-0.05, 0) is 18.2 Å². The van der Waals surface area contributed by atoms with Gasteiger partial charge in [-0.2, -0.15) is 4.39 Å². The molecule has 9 heteroatoms. The predicted molar refractivity (Wildman–Crippen MR) is 69.3 cm³/mol. The molecule has 100 valence electrons. The maximum absolute atomic E-state index is 12.9. The Kier molecular flexibility index (Phi) is 3.88. The molecule has 0 aliphatic heterocycles. The van der Waals surface area contributed by atoms with Crippen LogP contribution in [0.2, 0.25) is 10.2 Å². The lowest BCUT2D eigenvalue weighted by molar-refractivity contribution is 0.584. The number of pyridine rings is 2. The summed E-state index contributed by atoms with van der Waals surface area (Å²) in [5.74, 6) is -0.946. The first-order chi connectivity index (χ1) is 8.88. The molecule has 0 aromatic carbocycles. The monoisotopic (exact) mass is 321 g/mol. The summed E-state index contributed by atoms with van der Waals surface area (Å²) >= 11 is 11.3. The van der Waals surface area contributed by atoms with Gasteiger partial charge in [0.1, 0.15) is 15.9 Å². The van der Waals surface area contributed by atoms with E-state index in [2.05, 4.69) is 14.7 Å². The first kappa shape index (κ1) is 14.0. The number of nitrogens with one attached hydrogen (secondary N) is 1. The zero-order chi connectivity index (χ0) is 14.0. The molecule has 0 radical (unpaired) electrons. The van der Waals surface area contributed by atoms with Crippen molar-refractivity contribution in [3.63, 3.8) is 0 Å². The van der Waals surface area contributed by atoms with E-state index in [1.165, 1.54) is 12.1 Å². The molecule has 0 aliphatic carbocycles. The zero-order valence-electron chi connectivity index (χ0n) is 9.14. The minimum atomic E-state index is -3.95. The molecule has 0 unspecified atom stereocenters. The van der Waals surface area contributed by atoms with Gasteiger partial charge in [-0.3, -0.25) is 4.72 Å². The lowest BCUT2D eigenvalue weighted by atomic mass is 10.5. The molecular formula is C10H6Cl2FN3O2S. The van der Waals surface area contributed by atoms with E-state index in [1.54, 1.807) is 0 Å². The number of rotatable bonds is 3. The summed E-state index contributed by atoms with van der Waals surface area (Å²) < 4.78 is 38.9. The molecule has 0 fully saturated rings. The highest BCUT2D eigenvalue weighted by atomic mass is 35.5. The van der Waals surface area contributed by atoms with Crippen molar-refractivity contribution in [2.75, 3.05) is 4.72 Å². The second-order valence-electron chi connectivity index (χ2n) is 3.39. The van der Waals surface area contributed by atoms with Crippen molar-refractivity contribution >= 4 is 39.0 Å². The minimum absolute atomic E-state index is 0.00302. The lowest BCUT2D eigenvalue weighted by Crippen LogP contribution is -2.14. The summed E-state index contributed by atoms with van der Waals surface area (Å²) in [5.41, 5.74) is 0. The third-order valence-electron chi connectivity index (χ3n) is 2.04. The van der Waals surface area contributed by atoms with E-state index in [9.17, 15) is 12.8 Å². The Labute approximate surface area is 118 Å². The summed E-state index contributed by atoms with van der Waals surface area (Å²) in [5, 5.41) is -0.0127. The average molecular weight is 322 g/mol. The van der Waals surface area contributed by atoms with Gasteiger partial charge in [0.2, 0.25) is 5.95 Å². The molecule has 0 atom stereocenters. The van der Waals surface area contributed by atoms with Gasteiger partial charge in [0.25, 0.3) is 10.0 Å². The second-order valence-corrected chi connectivity index (χ2v) is 5.84. The van der Waals surface area contributed by atoms with Crippen LogP contribution in [0.1, 0.15) is 0 Å². The molecule has 0 saturated heterocycles. The van der Waals surface area contributed by atoms with Crippen molar-refractivity contribution in [3.05, 3.63) is 46.6 Å². The van der Waals surface area contributed by atoms with Crippen LogP contribution >= 0.6 is 23.2 Å². The molecule has 0 saturated carbocycles. The highest BCUT2D eigenvalue weighted by molar-refractivity contribution is 7.92. The van der Waals surface area contributed by atoms with Gasteiger partial charge >= 0.3 is 0 Å². The zero-order valence-corrected chi connectivity index (χ0v) is 11.5. The van der Waals surface area contributed by atoms with E-state index in [4.69, 9.17) is 23.2 Å². The molecular weight excluding hydrogens is 316 g/mol. The number of aromatic nitrogens is 2. The van der Waals surface area contributed by atoms with Crippen LogP contribution < -0.4 is 4.72 Å². The molecule has 5 nitrogen and oxygen atoms in total. The van der Waals surface area contributed by atoms with E-state index in [0.717, 1.165) is 18.3 Å². The van der Waals surface area contributed by atoms with Gasteiger partial charge in [0.05, 0.1) is 5.02 Å². The van der Waals surface area contributed by atoms with Crippen LogP contribution in [0.4, 0.5) is 10.2 Å². The third-order valence-corrected chi connectivity index (χ3v) is 4.04. The first-order valence-electron chi connectivity index (χ1n) is 4.85.